The van der Waals surface area contributed by atoms with Crippen LogP contribution in [0.15, 0.2) is 29.4 Å². The molecule has 116 valence electrons. The number of nitrogens with one attached hydrogen (secondary N) is 2. The van der Waals surface area contributed by atoms with Crippen molar-refractivity contribution in [2.24, 2.45) is 4.99 Å². The van der Waals surface area contributed by atoms with Crippen molar-refractivity contribution in [2.45, 2.75) is 13.0 Å². The number of aryl methyl sites for hydroxylation is 1. The molecule has 7 heteroatoms. The normalized spacial score (nSPS) is 13.8. The minimum Gasteiger partial charge on any atom is -0.465 e. The van der Waals surface area contributed by atoms with Gasteiger partial charge in [0.1, 0.15) is 0 Å². The minimum atomic E-state index is -0.332. The molecule has 1 aliphatic rings. The van der Waals surface area contributed by atoms with Gasteiger partial charge in [0.15, 0.2) is 5.96 Å². The highest BCUT2D eigenvalue weighted by atomic mass is 16.5. The molecule has 0 fully saturated rings. The van der Waals surface area contributed by atoms with Gasteiger partial charge < -0.3 is 15.4 Å². The Labute approximate surface area is 128 Å². The van der Waals surface area contributed by atoms with Gasteiger partial charge in [0, 0.05) is 25.0 Å². The third-order valence-electron chi connectivity index (χ3n) is 3.58. The van der Waals surface area contributed by atoms with E-state index >= 15 is 0 Å². The quantitative estimate of drug-likeness (QED) is 0.629. The zero-order chi connectivity index (χ0) is 15.4. The van der Waals surface area contributed by atoms with Gasteiger partial charge in [0.25, 0.3) is 0 Å². The number of nitrogens with zero attached hydrogens (tertiary/aromatic N) is 3. The summed E-state index contributed by atoms with van der Waals surface area (Å²) >= 11 is 0. The van der Waals surface area contributed by atoms with Crippen LogP contribution in [0.4, 0.5) is 0 Å². The molecule has 1 aromatic heterocycles. The first-order valence-corrected chi connectivity index (χ1v) is 7.34. The van der Waals surface area contributed by atoms with Gasteiger partial charge in [-0.1, -0.05) is 6.07 Å². The zero-order valence-electron chi connectivity index (χ0n) is 12.5. The summed E-state index contributed by atoms with van der Waals surface area (Å²) in [5.41, 5.74) is 1.48. The molecule has 1 aromatic carbocycles. The molecule has 0 saturated carbocycles. The van der Waals surface area contributed by atoms with E-state index in [9.17, 15) is 4.79 Å². The van der Waals surface area contributed by atoms with E-state index in [4.69, 9.17) is 4.74 Å². The molecule has 22 heavy (non-hydrogen) atoms. The van der Waals surface area contributed by atoms with E-state index in [1.165, 1.54) is 7.11 Å². The summed E-state index contributed by atoms with van der Waals surface area (Å²) in [5.74, 6) is 0.542. The number of ether oxygens (including phenoxy) is 1. The Balaban J connectivity index is 1.64. The lowest BCUT2D eigenvalue weighted by molar-refractivity contribution is 0.0601. The molecule has 0 spiro atoms. The van der Waals surface area contributed by atoms with E-state index < -0.39 is 0 Å². The van der Waals surface area contributed by atoms with Crippen molar-refractivity contribution in [1.82, 2.24) is 20.4 Å². The van der Waals surface area contributed by atoms with Crippen molar-refractivity contribution in [3.05, 3.63) is 30.0 Å². The number of benzene rings is 1. The largest absolute Gasteiger partial charge is 0.465 e. The van der Waals surface area contributed by atoms with Gasteiger partial charge in [-0.3, -0.25) is 9.67 Å². The Morgan fingerprint density at radius 3 is 3.18 bits per heavy atom. The van der Waals surface area contributed by atoms with Crippen LogP contribution >= 0.6 is 0 Å². The summed E-state index contributed by atoms with van der Waals surface area (Å²) in [7, 11) is 1.38. The van der Waals surface area contributed by atoms with E-state index in [0.29, 0.717) is 5.56 Å². The van der Waals surface area contributed by atoms with Crippen LogP contribution in [0.2, 0.25) is 0 Å². The van der Waals surface area contributed by atoms with Gasteiger partial charge in [-0.25, -0.2) is 4.79 Å². The van der Waals surface area contributed by atoms with E-state index in [0.717, 1.165) is 49.5 Å². The molecule has 2 heterocycles. The van der Waals surface area contributed by atoms with Crippen molar-refractivity contribution in [2.75, 3.05) is 26.7 Å². The average molecular weight is 301 g/mol. The standard InChI is InChI=1S/C15H19N5O2/c1-22-14(21)11-3-4-12-10-19-20(13(12)9-11)8-2-5-16-15-17-6-7-18-15/h3-4,9-10H,2,5-8H2,1H3,(H2,16,17,18). The predicted octanol–water partition coefficient (Wildman–Crippen LogP) is 0.762. The zero-order valence-corrected chi connectivity index (χ0v) is 12.5. The molecular formula is C15H19N5O2. The highest BCUT2D eigenvalue weighted by Crippen LogP contribution is 2.16. The van der Waals surface area contributed by atoms with Crippen LogP contribution in [0.5, 0.6) is 0 Å². The molecule has 0 unspecified atom stereocenters. The summed E-state index contributed by atoms with van der Waals surface area (Å²) in [6.45, 7) is 3.34. The maximum Gasteiger partial charge on any atom is 0.337 e. The first-order valence-electron chi connectivity index (χ1n) is 7.34. The number of methoxy groups -OCH3 is 1. The number of esters is 1. The lowest BCUT2D eigenvalue weighted by atomic mass is 10.1. The van der Waals surface area contributed by atoms with E-state index in [2.05, 4.69) is 20.7 Å². The molecule has 3 rings (SSSR count). The van der Waals surface area contributed by atoms with Crippen LogP contribution in [0.3, 0.4) is 0 Å². The molecule has 2 N–H and O–H groups in total. The molecule has 0 aliphatic carbocycles. The number of hydrogen-bond donors (Lipinski definition) is 2. The van der Waals surface area contributed by atoms with Crippen LogP contribution in [0.1, 0.15) is 16.8 Å². The highest BCUT2D eigenvalue weighted by molar-refractivity contribution is 5.94. The number of carbonyl (C=O) groups excluding carboxylic acids is 1. The SMILES string of the molecule is COC(=O)c1ccc2cnn(CCCNC3=NCCN3)c2c1. The molecular weight excluding hydrogens is 282 g/mol. The molecule has 0 radical (unpaired) electrons. The Hall–Kier alpha value is -2.57. The first kappa shape index (κ1) is 14.4. The topological polar surface area (TPSA) is 80.5 Å². The molecule has 0 amide bonds. The molecule has 1 aliphatic heterocycles. The summed E-state index contributed by atoms with van der Waals surface area (Å²) in [5, 5.41) is 11.8. The van der Waals surface area contributed by atoms with E-state index in [-0.39, 0.29) is 5.97 Å². The van der Waals surface area contributed by atoms with Crippen molar-refractivity contribution in [3.63, 3.8) is 0 Å². The fraction of sp³-hybridized carbons (Fsp3) is 0.400. The van der Waals surface area contributed by atoms with Crippen molar-refractivity contribution in [3.8, 4) is 0 Å². The Bertz CT molecular complexity index is 707. The molecule has 0 atom stereocenters. The van der Waals surface area contributed by atoms with Crippen LogP contribution in [-0.4, -0.2) is 48.5 Å². The van der Waals surface area contributed by atoms with Gasteiger partial charge in [-0.15, -0.1) is 0 Å². The lowest BCUT2D eigenvalue weighted by Gasteiger charge is -2.07. The molecule has 0 saturated heterocycles. The van der Waals surface area contributed by atoms with Crippen LogP contribution < -0.4 is 10.6 Å². The second kappa shape index (κ2) is 6.46. The lowest BCUT2D eigenvalue weighted by Crippen LogP contribution is -2.34. The van der Waals surface area contributed by atoms with Gasteiger partial charge >= 0.3 is 5.97 Å². The number of fused-ring (bicyclic) bond motifs is 1. The number of aromatic nitrogens is 2. The minimum absolute atomic E-state index is 0.332. The maximum atomic E-state index is 11.6. The highest BCUT2D eigenvalue weighted by Gasteiger charge is 2.09. The van der Waals surface area contributed by atoms with Gasteiger partial charge in [-0.05, 0) is 18.6 Å². The van der Waals surface area contributed by atoms with Crippen molar-refractivity contribution < 1.29 is 9.53 Å². The number of aliphatic imine (C=N–C) groups is 1. The number of hydrogen-bond acceptors (Lipinski definition) is 6. The van der Waals surface area contributed by atoms with Gasteiger partial charge in [-0.2, -0.15) is 5.10 Å². The Morgan fingerprint density at radius 1 is 1.50 bits per heavy atom. The molecule has 2 aromatic rings. The smallest absolute Gasteiger partial charge is 0.337 e. The fourth-order valence-electron chi connectivity index (χ4n) is 2.45. The fourth-order valence-corrected chi connectivity index (χ4v) is 2.45. The number of guanidine groups is 1. The summed E-state index contributed by atoms with van der Waals surface area (Å²) in [6.07, 6.45) is 2.73. The van der Waals surface area contributed by atoms with Crippen LogP contribution in [0, 0.1) is 0 Å². The summed E-state index contributed by atoms with van der Waals surface area (Å²) < 4.78 is 6.67. The summed E-state index contributed by atoms with van der Waals surface area (Å²) in [6, 6.07) is 5.47. The predicted molar refractivity (Wildman–Crippen MR) is 84.0 cm³/mol. The van der Waals surface area contributed by atoms with Gasteiger partial charge in [0.05, 0.1) is 30.9 Å². The second-order valence-corrected chi connectivity index (χ2v) is 5.07. The molecule has 7 nitrogen and oxygen atoms in total. The second-order valence-electron chi connectivity index (χ2n) is 5.07. The maximum absolute atomic E-state index is 11.6. The Kier molecular flexibility index (Phi) is 4.22. The van der Waals surface area contributed by atoms with E-state index in [1.807, 2.05) is 23.0 Å². The molecule has 0 bridgehead atoms. The average Bonchev–Trinajstić information content (AvgIpc) is 3.20. The first-order chi connectivity index (χ1) is 10.8. The van der Waals surface area contributed by atoms with E-state index in [1.54, 1.807) is 6.07 Å². The van der Waals surface area contributed by atoms with Crippen LogP contribution in [-0.2, 0) is 11.3 Å². The third-order valence-corrected chi connectivity index (χ3v) is 3.58. The Morgan fingerprint density at radius 2 is 2.41 bits per heavy atom. The number of rotatable bonds is 5. The van der Waals surface area contributed by atoms with Crippen molar-refractivity contribution in [1.29, 1.82) is 0 Å². The monoisotopic (exact) mass is 301 g/mol. The third kappa shape index (κ3) is 3.03. The number of carbonyl (C=O) groups is 1. The van der Waals surface area contributed by atoms with Crippen LogP contribution in [0.25, 0.3) is 10.9 Å². The summed E-state index contributed by atoms with van der Waals surface area (Å²) in [4.78, 5) is 15.9. The van der Waals surface area contributed by atoms with Crippen molar-refractivity contribution >= 4 is 22.8 Å². The van der Waals surface area contributed by atoms with Gasteiger partial charge in [0.2, 0.25) is 0 Å².